The van der Waals surface area contributed by atoms with Crippen LogP contribution in [0.1, 0.15) is 16.1 Å². The van der Waals surface area contributed by atoms with Crippen LogP contribution in [0, 0.1) is 0 Å². The van der Waals surface area contributed by atoms with Gasteiger partial charge in [-0.3, -0.25) is 4.79 Å². The maximum Gasteiger partial charge on any atom is 0.275 e. The topological polar surface area (TPSA) is 66.6 Å². The lowest BCUT2D eigenvalue weighted by molar-refractivity contribution is 0.102. The summed E-state index contributed by atoms with van der Waals surface area (Å²) in [6, 6.07) is 18.5. The number of hydrogen-bond acceptors (Lipinski definition) is 3. The highest BCUT2D eigenvalue weighted by Gasteiger charge is 2.13. The fraction of sp³-hybridized carbons (Fsp3) is 0.0476. The lowest BCUT2D eigenvalue weighted by Crippen LogP contribution is -2.12. The second-order valence-corrected chi connectivity index (χ2v) is 6.51. The molecule has 5 nitrogen and oxygen atoms in total. The molecule has 134 valence electrons. The van der Waals surface area contributed by atoms with Crippen molar-refractivity contribution >= 4 is 28.8 Å². The van der Waals surface area contributed by atoms with Crippen LogP contribution in [0.4, 0.5) is 5.69 Å². The maximum absolute atomic E-state index is 12.5. The molecule has 4 rings (SSSR count). The van der Waals surface area contributed by atoms with Crippen molar-refractivity contribution in [1.29, 1.82) is 0 Å². The van der Waals surface area contributed by atoms with Crippen molar-refractivity contribution in [2.45, 2.75) is 6.61 Å². The third kappa shape index (κ3) is 3.56. The molecule has 0 aliphatic carbocycles. The van der Waals surface area contributed by atoms with E-state index in [9.17, 15) is 9.90 Å². The number of halogens is 1. The fourth-order valence-electron chi connectivity index (χ4n) is 2.87. The quantitative estimate of drug-likeness (QED) is 0.554. The minimum Gasteiger partial charge on any atom is -0.392 e. The summed E-state index contributed by atoms with van der Waals surface area (Å²) in [5, 5.41) is 12.6. The zero-order valence-electron chi connectivity index (χ0n) is 14.3. The van der Waals surface area contributed by atoms with Crippen molar-refractivity contribution in [3.8, 4) is 11.1 Å². The van der Waals surface area contributed by atoms with Gasteiger partial charge in [-0.05, 0) is 47.0 Å². The summed E-state index contributed by atoms with van der Waals surface area (Å²) < 4.78 is 1.81. The molecule has 2 N–H and O–H groups in total. The monoisotopic (exact) mass is 377 g/mol. The summed E-state index contributed by atoms with van der Waals surface area (Å²) in [6.07, 6.45) is 3.59. The molecule has 0 atom stereocenters. The normalized spacial score (nSPS) is 10.9. The van der Waals surface area contributed by atoms with Crippen LogP contribution in [-0.4, -0.2) is 20.4 Å². The number of para-hydroxylation sites is 1. The van der Waals surface area contributed by atoms with Gasteiger partial charge in [0.05, 0.1) is 17.3 Å². The van der Waals surface area contributed by atoms with E-state index >= 15 is 0 Å². The molecule has 0 radical (unpaired) electrons. The van der Waals surface area contributed by atoms with Crippen LogP contribution in [0.5, 0.6) is 0 Å². The van der Waals surface area contributed by atoms with E-state index in [0.29, 0.717) is 22.1 Å². The average Bonchev–Trinajstić information content (AvgIpc) is 3.13. The summed E-state index contributed by atoms with van der Waals surface area (Å²) in [5.41, 5.74) is 4.31. The Kier molecular flexibility index (Phi) is 4.62. The van der Waals surface area contributed by atoms with E-state index in [0.717, 1.165) is 16.7 Å². The summed E-state index contributed by atoms with van der Waals surface area (Å²) in [4.78, 5) is 16.9. The number of hydrogen-bond donors (Lipinski definition) is 2. The number of amides is 1. The van der Waals surface area contributed by atoms with E-state index in [1.807, 2.05) is 47.0 Å². The third-order valence-electron chi connectivity index (χ3n) is 4.25. The smallest absolute Gasteiger partial charge is 0.275 e. The maximum atomic E-state index is 12.5. The number of aliphatic hydroxyl groups is 1. The summed E-state index contributed by atoms with van der Waals surface area (Å²) in [7, 11) is 0. The Balaban J connectivity index is 1.64. The van der Waals surface area contributed by atoms with Gasteiger partial charge >= 0.3 is 0 Å². The standard InChI is InChI=1S/C21H16ClN3O2/c22-17-6-1-2-7-18(17)24-21(27)19-12-25-11-16(8-9-20(25)23-19)15-5-3-4-14(10-15)13-26/h1-12,26H,13H2,(H,24,27). The Bertz CT molecular complexity index is 1140. The molecular formula is C21H16ClN3O2. The first-order valence-electron chi connectivity index (χ1n) is 8.39. The zero-order chi connectivity index (χ0) is 18.8. The van der Waals surface area contributed by atoms with Crippen molar-refractivity contribution in [2.24, 2.45) is 0 Å². The van der Waals surface area contributed by atoms with Crippen molar-refractivity contribution in [2.75, 3.05) is 5.32 Å². The molecule has 2 aromatic heterocycles. The first-order valence-corrected chi connectivity index (χ1v) is 8.76. The average molecular weight is 378 g/mol. The van der Waals surface area contributed by atoms with Crippen LogP contribution in [0.25, 0.3) is 16.8 Å². The predicted molar refractivity (Wildman–Crippen MR) is 106 cm³/mol. The molecule has 0 saturated carbocycles. The van der Waals surface area contributed by atoms with Crippen LogP contribution in [-0.2, 0) is 6.61 Å². The van der Waals surface area contributed by atoms with E-state index < -0.39 is 0 Å². The number of fused-ring (bicyclic) bond motifs is 1. The second kappa shape index (κ2) is 7.23. The minimum absolute atomic E-state index is 0.00642. The van der Waals surface area contributed by atoms with Gasteiger partial charge in [-0.25, -0.2) is 4.98 Å². The van der Waals surface area contributed by atoms with Crippen LogP contribution in [0.15, 0.2) is 73.1 Å². The number of imidazole rings is 1. The van der Waals surface area contributed by atoms with E-state index in [2.05, 4.69) is 10.3 Å². The van der Waals surface area contributed by atoms with E-state index in [1.54, 1.807) is 30.5 Å². The molecule has 0 bridgehead atoms. The van der Waals surface area contributed by atoms with Gasteiger partial charge in [-0.1, -0.05) is 41.9 Å². The van der Waals surface area contributed by atoms with Crippen molar-refractivity contribution in [1.82, 2.24) is 9.38 Å². The molecule has 6 heteroatoms. The van der Waals surface area contributed by atoms with Crippen molar-refractivity contribution in [3.05, 3.63) is 89.3 Å². The van der Waals surface area contributed by atoms with Crippen LogP contribution >= 0.6 is 11.6 Å². The lowest BCUT2D eigenvalue weighted by atomic mass is 10.1. The van der Waals surface area contributed by atoms with E-state index in [-0.39, 0.29) is 12.5 Å². The number of benzene rings is 2. The van der Waals surface area contributed by atoms with Crippen molar-refractivity contribution in [3.63, 3.8) is 0 Å². The van der Waals surface area contributed by atoms with Crippen LogP contribution in [0.2, 0.25) is 5.02 Å². The SMILES string of the molecule is O=C(Nc1ccccc1Cl)c1cn2cc(-c3cccc(CO)c3)ccc2n1. The van der Waals surface area contributed by atoms with E-state index in [1.165, 1.54) is 0 Å². The summed E-state index contributed by atoms with van der Waals surface area (Å²) in [6.45, 7) is -0.00642. The molecule has 0 aliphatic heterocycles. The molecule has 4 aromatic rings. The molecule has 0 unspecified atom stereocenters. The summed E-state index contributed by atoms with van der Waals surface area (Å²) in [5.74, 6) is -0.323. The first-order chi connectivity index (χ1) is 13.1. The highest BCUT2D eigenvalue weighted by molar-refractivity contribution is 6.33. The first kappa shape index (κ1) is 17.3. The Morgan fingerprint density at radius 2 is 1.89 bits per heavy atom. The molecule has 0 aliphatic rings. The molecule has 27 heavy (non-hydrogen) atoms. The van der Waals surface area contributed by atoms with Crippen LogP contribution in [0.3, 0.4) is 0 Å². The van der Waals surface area contributed by atoms with Gasteiger partial charge in [0.2, 0.25) is 0 Å². The summed E-state index contributed by atoms with van der Waals surface area (Å²) >= 11 is 6.09. The van der Waals surface area contributed by atoms with Gasteiger partial charge in [0.15, 0.2) is 0 Å². The number of carbonyl (C=O) groups excluding carboxylic acids is 1. The highest BCUT2D eigenvalue weighted by Crippen LogP contribution is 2.23. The second-order valence-electron chi connectivity index (χ2n) is 6.10. The zero-order valence-corrected chi connectivity index (χ0v) is 15.0. The largest absolute Gasteiger partial charge is 0.392 e. The number of nitrogens with one attached hydrogen (secondary N) is 1. The number of aromatic nitrogens is 2. The number of rotatable bonds is 4. The molecule has 1 amide bonds. The Morgan fingerprint density at radius 1 is 1.04 bits per heavy atom. The van der Waals surface area contributed by atoms with Gasteiger partial charge in [-0.15, -0.1) is 0 Å². The highest BCUT2D eigenvalue weighted by atomic mass is 35.5. The molecular weight excluding hydrogens is 362 g/mol. The number of aliphatic hydroxyl groups excluding tert-OH is 1. The fourth-order valence-corrected chi connectivity index (χ4v) is 3.05. The molecule has 2 heterocycles. The molecule has 2 aromatic carbocycles. The minimum atomic E-state index is -0.323. The molecule has 0 spiro atoms. The Hall–Kier alpha value is -3.15. The van der Waals surface area contributed by atoms with E-state index in [4.69, 9.17) is 11.6 Å². The van der Waals surface area contributed by atoms with Crippen LogP contribution < -0.4 is 5.32 Å². The number of anilines is 1. The Morgan fingerprint density at radius 3 is 2.70 bits per heavy atom. The van der Waals surface area contributed by atoms with Crippen molar-refractivity contribution < 1.29 is 9.90 Å². The molecule has 0 fully saturated rings. The lowest BCUT2D eigenvalue weighted by Gasteiger charge is -2.04. The third-order valence-corrected chi connectivity index (χ3v) is 4.58. The number of carbonyl (C=O) groups is 1. The van der Waals surface area contributed by atoms with Gasteiger partial charge in [0.1, 0.15) is 11.3 Å². The molecule has 0 saturated heterocycles. The van der Waals surface area contributed by atoms with Gasteiger partial charge < -0.3 is 14.8 Å². The Labute approximate surface area is 160 Å². The van der Waals surface area contributed by atoms with Gasteiger partial charge in [0.25, 0.3) is 5.91 Å². The number of pyridine rings is 1. The number of nitrogens with zero attached hydrogens (tertiary/aromatic N) is 2. The predicted octanol–water partition coefficient (Wildman–Crippen LogP) is 4.40. The van der Waals surface area contributed by atoms with Gasteiger partial charge in [0, 0.05) is 12.4 Å². The van der Waals surface area contributed by atoms with Gasteiger partial charge in [-0.2, -0.15) is 0 Å².